The fourth-order valence-corrected chi connectivity index (χ4v) is 3.50. The van der Waals surface area contributed by atoms with Gasteiger partial charge in [-0.2, -0.15) is 0 Å². The summed E-state index contributed by atoms with van der Waals surface area (Å²) in [6.45, 7) is 0. The largest absolute Gasteiger partial charge is 0.0928 e. The lowest BCUT2D eigenvalue weighted by atomic mass is 9.94. The highest BCUT2D eigenvalue weighted by Gasteiger charge is 2.05. The summed E-state index contributed by atoms with van der Waals surface area (Å²) in [6, 6.07) is 20.0. The highest BCUT2D eigenvalue weighted by molar-refractivity contribution is 9.09. The molecule has 0 saturated carbocycles. The molecular formula is C20H21Br. The molecule has 0 radical (unpaired) electrons. The van der Waals surface area contributed by atoms with Gasteiger partial charge in [0.1, 0.15) is 0 Å². The molecule has 0 unspecified atom stereocenters. The lowest BCUT2D eigenvalue weighted by molar-refractivity contribution is 0.673. The minimum Gasteiger partial charge on any atom is -0.0928 e. The number of rotatable bonds is 6. The molecule has 0 N–H and O–H groups in total. The Kier molecular flexibility index (Phi) is 4.92. The third kappa shape index (κ3) is 3.29. The quantitative estimate of drug-likeness (QED) is 0.273. The van der Waals surface area contributed by atoms with E-state index in [9.17, 15) is 0 Å². The highest BCUT2D eigenvalue weighted by atomic mass is 79.9. The smallest absolute Gasteiger partial charge is 0.00313 e. The Bertz CT molecular complexity index is 730. The summed E-state index contributed by atoms with van der Waals surface area (Å²) in [4.78, 5) is 0. The molecule has 0 spiro atoms. The molecule has 0 fully saturated rings. The van der Waals surface area contributed by atoms with E-state index < -0.39 is 0 Å². The van der Waals surface area contributed by atoms with Crippen molar-refractivity contribution in [1.29, 1.82) is 0 Å². The van der Waals surface area contributed by atoms with Crippen molar-refractivity contribution in [3.8, 4) is 0 Å². The first kappa shape index (κ1) is 14.6. The van der Waals surface area contributed by atoms with Crippen molar-refractivity contribution in [1.82, 2.24) is 0 Å². The van der Waals surface area contributed by atoms with E-state index in [0.29, 0.717) is 0 Å². The number of alkyl halides is 1. The zero-order valence-corrected chi connectivity index (χ0v) is 13.9. The van der Waals surface area contributed by atoms with Crippen molar-refractivity contribution in [3.05, 3.63) is 60.2 Å². The van der Waals surface area contributed by atoms with Crippen molar-refractivity contribution in [2.45, 2.75) is 32.1 Å². The summed E-state index contributed by atoms with van der Waals surface area (Å²) in [6.07, 6.45) is 6.42. The molecule has 3 aromatic carbocycles. The molecule has 0 aromatic heterocycles. The molecule has 108 valence electrons. The van der Waals surface area contributed by atoms with E-state index in [-0.39, 0.29) is 0 Å². The molecule has 21 heavy (non-hydrogen) atoms. The van der Waals surface area contributed by atoms with Crippen LogP contribution in [0.25, 0.3) is 21.5 Å². The number of hydrogen-bond donors (Lipinski definition) is 0. The topological polar surface area (TPSA) is 0 Å². The van der Waals surface area contributed by atoms with E-state index >= 15 is 0 Å². The van der Waals surface area contributed by atoms with Crippen LogP contribution in [0.5, 0.6) is 0 Å². The molecule has 0 bridgehead atoms. The van der Waals surface area contributed by atoms with Crippen LogP contribution in [0.2, 0.25) is 0 Å². The van der Waals surface area contributed by atoms with Gasteiger partial charge < -0.3 is 0 Å². The molecule has 0 amide bonds. The Morgan fingerprint density at radius 1 is 0.667 bits per heavy atom. The molecule has 0 aliphatic rings. The van der Waals surface area contributed by atoms with Crippen LogP contribution in [-0.4, -0.2) is 5.33 Å². The molecule has 3 rings (SSSR count). The van der Waals surface area contributed by atoms with Gasteiger partial charge in [0.25, 0.3) is 0 Å². The zero-order chi connectivity index (χ0) is 14.5. The maximum atomic E-state index is 3.51. The number of hydrogen-bond acceptors (Lipinski definition) is 0. The molecule has 0 atom stereocenters. The molecule has 0 aliphatic carbocycles. The summed E-state index contributed by atoms with van der Waals surface area (Å²) in [5, 5.41) is 6.69. The minimum absolute atomic E-state index is 1.13. The average molecular weight is 341 g/mol. The van der Waals surface area contributed by atoms with Crippen molar-refractivity contribution in [3.63, 3.8) is 0 Å². The van der Waals surface area contributed by atoms with Crippen molar-refractivity contribution in [2.24, 2.45) is 0 Å². The average Bonchev–Trinajstić information content (AvgIpc) is 2.54. The van der Waals surface area contributed by atoms with Crippen molar-refractivity contribution < 1.29 is 0 Å². The summed E-state index contributed by atoms with van der Waals surface area (Å²) >= 11 is 3.51. The number of fused-ring (bicyclic) bond motifs is 3. The molecule has 0 heterocycles. The van der Waals surface area contributed by atoms with Crippen LogP contribution < -0.4 is 0 Å². The van der Waals surface area contributed by atoms with Crippen LogP contribution in [0.3, 0.4) is 0 Å². The summed E-state index contributed by atoms with van der Waals surface area (Å²) in [7, 11) is 0. The fraction of sp³-hybridized carbons (Fsp3) is 0.300. The maximum absolute atomic E-state index is 3.51. The molecule has 3 aromatic rings. The van der Waals surface area contributed by atoms with E-state index in [1.165, 1.54) is 59.2 Å². The second-order valence-electron chi connectivity index (χ2n) is 5.66. The van der Waals surface area contributed by atoms with E-state index in [2.05, 4.69) is 70.5 Å². The minimum atomic E-state index is 1.13. The first-order valence-electron chi connectivity index (χ1n) is 7.85. The Morgan fingerprint density at radius 2 is 1.33 bits per heavy atom. The predicted molar refractivity (Wildman–Crippen MR) is 97.4 cm³/mol. The monoisotopic (exact) mass is 340 g/mol. The Labute approximate surface area is 135 Å². The number of halogens is 1. The summed E-state index contributed by atoms with van der Waals surface area (Å²) in [5.74, 6) is 0. The molecule has 0 saturated heterocycles. The predicted octanol–water partition coefficient (Wildman–Crippen LogP) is 6.49. The zero-order valence-electron chi connectivity index (χ0n) is 12.3. The lowest BCUT2D eigenvalue weighted by Crippen LogP contribution is -1.90. The maximum Gasteiger partial charge on any atom is 0.00313 e. The van der Waals surface area contributed by atoms with Gasteiger partial charge in [0.05, 0.1) is 0 Å². The SMILES string of the molecule is BrCCCCCCc1cc2ccccc2c2ccccc12. The van der Waals surface area contributed by atoms with Crippen molar-refractivity contribution >= 4 is 37.5 Å². The van der Waals surface area contributed by atoms with Gasteiger partial charge in [-0.15, -0.1) is 0 Å². The van der Waals surface area contributed by atoms with Gasteiger partial charge in [0.15, 0.2) is 0 Å². The van der Waals surface area contributed by atoms with Gasteiger partial charge in [-0.25, -0.2) is 0 Å². The highest BCUT2D eigenvalue weighted by Crippen LogP contribution is 2.29. The van der Waals surface area contributed by atoms with E-state index in [1.54, 1.807) is 0 Å². The van der Waals surface area contributed by atoms with Gasteiger partial charge >= 0.3 is 0 Å². The third-order valence-corrected chi connectivity index (χ3v) is 4.74. The Balaban J connectivity index is 1.92. The van der Waals surface area contributed by atoms with Crippen LogP contribution in [-0.2, 0) is 6.42 Å². The van der Waals surface area contributed by atoms with Gasteiger partial charge in [0, 0.05) is 5.33 Å². The Morgan fingerprint density at radius 3 is 2.14 bits per heavy atom. The fourth-order valence-electron chi connectivity index (χ4n) is 3.10. The van der Waals surface area contributed by atoms with E-state index in [1.807, 2.05) is 0 Å². The first-order chi connectivity index (χ1) is 10.4. The number of benzene rings is 3. The lowest BCUT2D eigenvalue weighted by Gasteiger charge is -2.10. The summed E-state index contributed by atoms with van der Waals surface area (Å²) < 4.78 is 0. The van der Waals surface area contributed by atoms with Crippen LogP contribution in [0, 0.1) is 0 Å². The van der Waals surface area contributed by atoms with Gasteiger partial charge in [0.2, 0.25) is 0 Å². The third-order valence-electron chi connectivity index (χ3n) is 4.18. The van der Waals surface area contributed by atoms with Crippen LogP contribution in [0.1, 0.15) is 31.2 Å². The Hall–Kier alpha value is -1.34. The van der Waals surface area contributed by atoms with Gasteiger partial charge in [-0.05, 0) is 46.4 Å². The molecule has 0 aliphatic heterocycles. The van der Waals surface area contributed by atoms with Crippen LogP contribution in [0.15, 0.2) is 54.6 Å². The normalized spacial score (nSPS) is 11.3. The number of unbranched alkanes of at least 4 members (excludes halogenated alkanes) is 3. The van der Waals surface area contributed by atoms with Crippen LogP contribution in [0.4, 0.5) is 0 Å². The standard InChI is InChI=1S/C20H21Br/c21-14-8-2-1-3-9-16-15-17-10-4-5-11-18(17)20-13-7-6-12-19(16)20/h4-7,10-13,15H,1-3,8-9,14H2. The second kappa shape index (κ2) is 7.09. The van der Waals surface area contributed by atoms with Crippen LogP contribution >= 0.6 is 15.9 Å². The molecular weight excluding hydrogens is 320 g/mol. The molecule has 1 heteroatoms. The first-order valence-corrected chi connectivity index (χ1v) is 8.97. The van der Waals surface area contributed by atoms with Gasteiger partial charge in [-0.3, -0.25) is 0 Å². The number of aryl methyl sites for hydroxylation is 1. The van der Waals surface area contributed by atoms with E-state index in [0.717, 1.165) is 5.33 Å². The second-order valence-corrected chi connectivity index (χ2v) is 6.45. The molecule has 0 nitrogen and oxygen atoms in total. The van der Waals surface area contributed by atoms with Crippen molar-refractivity contribution in [2.75, 3.05) is 5.33 Å². The summed E-state index contributed by atoms with van der Waals surface area (Å²) in [5.41, 5.74) is 1.50. The van der Waals surface area contributed by atoms with E-state index in [4.69, 9.17) is 0 Å². The van der Waals surface area contributed by atoms with Gasteiger partial charge in [-0.1, -0.05) is 83.4 Å².